The number of rotatable bonds is 4. The smallest absolute Gasteiger partial charge is 0.441 e. The van der Waals surface area contributed by atoms with Crippen LogP contribution < -0.4 is 4.74 Å². The minimum Gasteiger partial charge on any atom is -0.489 e. The fourth-order valence-electron chi connectivity index (χ4n) is 2.67. The van der Waals surface area contributed by atoms with Crippen molar-refractivity contribution in [3.8, 4) is 5.75 Å². The van der Waals surface area contributed by atoms with Crippen LogP contribution in [0.2, 0.25) is 0 Å². The number of hydrazone groups is 1. The third-order valence-corrected chi connectivity index (χ3v) is 5.09. The Morgan fingerprint density at radius 2 is 1.77 bits per heavy atom. The Morgan fingerprint density at radius 3 is 2.42 bits per heavy atom. The molecule has 1 amide bonds. The molecule has 0 saturated carbocycles. The predicted octanol–water partition coefficient (Wildman–Crippen LogP) is 4.87. The molecule has 4 rings (SSSR count). The quantitative estimate of drug-likeness (QED) is 0.652. The lowest BCUT2D eigenvalue weighted by Gasteiger charge is -2.20. The molecule has 2 aromatic carbocycles. The van der Waals surface area contributed by atoms with Gasteiger partial charge in [0.15, 0.2) is 5.84 Å². The van der Waals surface area contributed by atoms with E-state index in [2.05, 4.69) is 10.1 Å². The van der Waals surface area contributed by atoms with Gasteiger partial charge >= 0.3 is 6.18 Å². The average molecular weight is 467 g/mol. The number of nitrogens with one attached hydrogen (secondary N) is 1. The van der Waals surface area contributed by atoms with Crippen LogP contribution in [0.15, 0.2) is 70.3 Å². The number of hydrogen-bond acceptors (Lipinski definition) is 5. The molecule has 2 aliphatic rings. The van der Waals surface area contributed by atoms with Crippen molar-refractivity contribution in [2.24, 2.45) is 10.1 Å². The molecule has 0 atom stereocenters. The van der Waals surface area contributed by atoms with Gasteiger partial charge in [-0.1, -0.05) is 42.5 Å². The van der Waals surface area contributed by atoms with Crippen LogP contribution in [0.1, 0.15) is 11.1 Å². The number of amidine groups is 2. The van der Waals surface area contributed by atoms with Crippen LogP contribution in [-0.4, -0.2) is 33.1 Å². The van der Waals surface area contributed by atoms with Gasteiger partial charge in [-0.2, -0.15) is 28.3 Å². The molecule has 0 spiro atoms. The van der Waals surface area contributed by atoms with Crippen LogP contribution >= 0.6 is 24.2 Å². The first-order valence-electron chi connectivity index (χ1n) is 8.65. The fraction of sp³-hybridized carbons (Fsp3) is 0.100. The number of benzene rings is 2. The molecule has 0 fully saturated rings. The first-order valence-corrected chi connectivity index (χ1v) is 9.47. The summed E-state index contributed by atoms with van der Waals surface area (Å²) >= 11 is 0.218. The lowest BCUT2D eigenvalue weighted by molar-refractivity contribution is -0.114. The summed E-state index contributed by atoms with van der Waals surface area (Å²) in [6, 6.07) is 16.4. The van der Waals surface area contributed by atoms with Crippen molar-refractivity contribution in [1.82, 2.24) is 5.01 Å². The van der Waals surface area contributed by atoms with E-state index in [9.17, 15) is 18.0 Å². The summed E-state index contributed by atoms with van der Waals surface area (Å²) in [4.78, 5) is 15.9. The van der Waals surface area contributed by atoms with Gasteiger partial charge < -0.3 is 4.74 Å². The van der Waals surface area contributed by atoms with Crippen LogP contribution in [0.5, 0.6) is 5.75 Å². The number of ether oxygens (including phenoxy) is 1. The molecule has 0 saturated heterocycles. The molecule has 0 unspecified atom stereocenters. The highest BCUT2D eigenvalue weighted by atomic mass is 35.5. The number of hydrogen-bond donors (Lipinski definition) is 1. The first kappa shape index (κ1) is 22.6. The topological polar surface area (TPSA) is 78.1 Å². The molecular formula is C20H14ClF3N4O2S. The zero-order valence-electron chi connectivity index (χ0n) is 15.6. The van der Waals surface area contributed by atoms with Gasteiger partial charge in [-0.3, -0.25) is 10.2 Å². The van der Waals surface area contributed by atoms with Crippen molar-refractivity contribution in [2.75, 3.05) is 0 Å². The summed E-state index contributed by atoms with van der Waals surface area (Å²) in [7, 11) is 0. The molecule has 0 radical (unpaired) electrons. The van der Waals surface area contributed by atoms with Crippen LogP contribution in [0.4, 0.5) is 13.2 Å². The third-order valence-electron chi connectivity index (χ3n) is 4.14. The number of carbonyl (C=O) groups excluding carboxylic acids is 1. The van der Waals surface area contributed by atoms with E-state index < -0.39 is 23.0 Å². The average Bonchev–Trinajstić information content (AvgIpc) is 3.16. The number of fused-ring (bicyclic) bond motifs is 1. The zero-order chi connectivity index (χ0) is 21.3. The van der Waals surface area contributed by atoms with Crippen LogP contribution in [0, 0.1) is 5.41 Å². The van der Waals surface area contributed by atoms with Gasteiger partial charge in [-0.05, 0) is 41.1 Å². The number of halogens is 4. The van der Waals surface area contributed by atoms with E-state index in [0.717, 1.165) is 10.6 Å². The lowest BCUT2D eigenvalue weighted by Crippen LogP contribution is -2.35. The molecule has 0 aliphatic carbocycles. The number of aliphatic imine (C=N–C) groups is 1. The second kappa shape index (κ2) is 8.94. The molecular weight excluding hydrogens is 453 g/mol. The second-order valence-electron chi connectivity index (χ2n) is 6.27. The maximum absolute atomic E-state index is 12.9. The summed E-state index contributed by atoms with van der Waals surface area (Å²) in [6.45, 7) is 0.397. The summed E-state index contributed by atoms with van der Waals surface area (Å²) in [5.41, 5.74) is 1.44. The van der Waals surface area contributed by atoms with Crippen LogP contribution in [-0.2, 0) is 11.4 Å². The zero-order valence-corrected chi connectivity index (χ0v) is 17.2. The Labute approximate surface area is 185 Å². The molecule has 0 aromatic heterocycles. The molecule has 11 heteroatoms. The Morgan fingerprint density at radius 1 is 1.10 bits per heavy atom. The fourth-order valence-corrected chi connectivity index (χ4v) is 3.43. The molecule has 31 heavy (non-hydrogen) atoms. The van der Waals surface area contributed by atoms with Gasteiger partial charge in [0.2, 0.25) is 10.2 Å². The minimum atomic E-state index is -4.67. The summed E-state index contributed by atoms with van der Waals surface area (Å²) in [5.74, 6) is -0.635. The van der Waals surface area contributed by atoms with Gasteiger partial charge in [0.25, 0.3) is 5.91 Å². The maximum Gasteiger partial charge on any atom is 0.441 e. The van der Waals surface area contributed by atoms with Gasteiger partial charge in [0, 0.05) is 0 Å². The molecule has 0 bridgehead atoms. The molecule has 2 heterocycles. The summed E-state index contributed by atoms with van der Waals surface area (Å²) in [6.07, 6.45) is -3.29. The predicted molar refractivity (Wildman–Crippen MR) is 116 cm³/mol. The van der Waals surface area contributed by atoms with Crippen molar-refractivity contribution in [3.05, 3.63) is 71.3 Å². The van der Waals surface area contributed by atoms with Crippen molar-refractivity contribution >= 4 is 52.2 Å². The van der Waals surface area contributed by atoms with Gasteiger partial charge in [-0.25, -0.2) is 0 Å². The van der Waals surface area contributed by atoms with Gasteiger partial charge in [-0.15, -0.1) is 12.4 Å². The number of amides is 1. The third kappa shape index (κ3) is 4.97. The van der Waals surface area contributed by atoms with E-state index >= 15 is 0 Å². The standard InChI is InChI=1S/C20H13F3N4O2S.ClH/c21-20(22,23)18-26-27-16(24)15(17(28)25-19(27)30-18)10-12-6-8-14(9-7-12)29-11-13-4-2-1-3-5-13;/h1-10,24H,11H2;1H. The van der Waals surface area contributed by atoms with E-state index in [-0.39, 0.29) is 34.9 Å². The molecule has 2 aromatic rings. The second-order valence-corrected chi connectivity index (χ2v) is 7.22. The summed E-state index contributed by atoms with van der Waals surface area (Å²) < 4.78 is 44.3. The van der Waals surface area contributed by atoms with Crippen LogP contribution in [0.25, 0.3) is 6.08 Å². The molecule has 6 nitrogen and oxygen atoms in total. The van der Waals surface area contributed by atoms with Gasteiger partial charge in [0.05, 0.1) is 5.57 Å². The van der Waals surface area contributed by atoms with E-state index in [0.29, 0.717) is 17.9 Å². The highest BCUT2D eigenvalue weighted by Crippen LogP contribution is 2.35. The molecule has 160 valence electrons. The Kier molecular flexibility index (Phi) is 6.51. The number of thioether (sulfide) groups is 1. The Bertz CT molecular complexity index is 1100. The van der Waals surface area contributed by atoms with Crippen molar-refractivity contribution < 1.29 is 22.7 Å². The highest BCUT2D eigenvalue weighted by molar-refractivity contribution is 8.27. The lowest BCUT2D eigenvalue weighted by atomic mass is 10.1. The van der Waals surface area contributed by atoms with Gasteiger partial charge in [0.1, 0.15) is 12.4 Å². The highest BCUT2D eigenvalue weighted by Gasteiger charge is 2.46. The van der Waals surface area contributed by atoms with Crippen molar-refractivity contribution in [1.29, 1.82) is 5.41 Å². The summed E-state index contributed by atoms with van der Waals surface area (Å²) in [5, 5.41) is 10.7. The largest absolute Gasteiger partial charge is 0.489 e. The number of alkyl halides is 3. The minimum absolute atomic E-state index is 0. The van der Waals surface area contributed by atoms with E-state index in [1.54, 1.807) is 24.3 Å². The van der Waals surface area contributed by atoms with Crippen LogP contribution in [0.3, 0.4) is 0 Å². The van der Waals surface area contributed by atoms with Crippen molar-refractivity contribution in [3.63, 3.8) is 0 Å². The van der Waals surface area contributed by atoms with E-state index in [4.69, 9.17) is 10.1 Å². The molecule has 2 aliphatic heterocycles. The number of carbonyl (C=O) groups is 1. The SMILES string of the molecule is Cl.N=C1C(=Cc2ccc(OCc3ccccc3)cc2)C(=O)N=C2SC(C(F)(F)F)=NN12. The molecule has 1 N–H and O–H groups in total. The first-order chi connectivity index (χ1) is 14.3. The Hall–Kier alpha value is -3.11. The van der Waals surface area contributed by atoms with Crippen molar-refractivity contribution in [2.45, 2.75) is 12.8 Å². The maximum atomic E-state index is 12.9. The van der Waals surface area contributed by atoms with E-state index in [1.807, 2.05) is 30.3 Å². The monoisotopic (exact) mass is 466 g/mol. The van der Waals surface area contributed by atoms with E-state index in [1.165, 1.54) is 6.08 Å². The normalized spacial score (nSPS) is 17.1. The Balaban J connectivity index is 0.00000272. The number of nitrogens with zero attached hydrogens (tertiary/aromatic N) is 3.